The largest absolute Gasteiger partial charge is 0.483 e. The minimum absolute atomic E-state index is 0.168. The zero-order valence-corrected chi connectivity index (χ0v) is 13.7. The van der Waals surface area contributed by atoms with Crippen LogP contribution in [0.1, 0.15) is 35.2 Å². The molecule has 1 amide bonds. The lowest BCUT2D eigenvalue weighted by atomic mass is 10.0. The van der Waals surface area contributed by atoms with Crippen LogP contribution in [-0.2, 0) is 4.79 Å². The summed E-state index contributed by atoms with van der Waals surface area (Å²) in [6.45, 7) is 1.49. The van der Waals surface area contributed by atoms with Gasteiger partial charge in [-0.2, -0.15) is 0 Å². The van der Waals surface area contributed by atoms with Gasteiger partial charge in [-0.05, 0) is 30.2 Å². The van der Waals surface area contributed by atoms with E-state index < -0.39 is 11.7 Å². The topological polar surface area (TPSA) is 55.4 Å². The molecule has 0 fully saturated rings. The molecular formula is C18H15ClFNO3. The number of hydrogen-bond acceptors (Lipinski definition) is 3. The fourth-order valence-electron chi connectivity index (χ4n) is 2.84. The van der Waals surface area contributed by atoms with Crippen molar-refractivity contribution in [3.05, 3.63) is 58.4 Å². The molecule has 1 N–H and O–H groups in total. The van der Waals surface area contributed by atoms with Crippen LogP contribution >= 0.6 is 11.6 Å². The molecule has 6 heteroatoms. The number of ether oxygens (including phenoxy) is 1. The van der Waals surface area contributed by atoms with Crippen molar-refractivity contribution in [1.82, 2.24) is 0 Å². The summed E-state index contributed by atoms with van der Waals surface area (Å²) in [5.74, 6) is -0.961. The van der Waals surface area contributed by atoms with Crippen LogP contribution in [-0.4, -0.2) is 18.3 Å². The van der Waals surface area contributed by atoms with Gasteiger partial charge in [-0.25, -0.2) is 4.39 Å². The average molecular weight is 348 g/mol. The van der Waals surface area contributed by atoms with Crippen LogP contribution in [0.5, 0.6) is 5.75 Å². The number of ketones is 1. The standard InChI is InChI=1S/C18H15ClFNO3/c1-10-8-14(22)18-15(7-6-12(20)17(10)18)24-9-16(23)21-13-5-3-2-4-11(13)19/h2-7,10H,8-9H2,1H3,(H,21,23)/t10-/m1/s1. The van der Waals surface area contributed by atoms with Gasteiger partial charge in [0.05, 0.1) is 16.3 Å². The smallest absolute Gasteiger partial charge is 0.262 e. The van der Waals surface area contributed by atoms with E-state index in [2.05, 4.69) is 5.32 Å². The number of hydrogen-bond donors (Lipinski definition) is 1. The minimum atomic E-state index is -0.420. The maximum Gasteiger partial charge on any atom is 0.262 e. The molecule has 2 aromatic carbocycles. The van der Waals surface area contributed by atoms with Gasteiger partial charge in [0, 0.05) is 12.0 Å². The Labute approximate surface area is 143 Å². The molecule has 124 valence electrons. The number of halogens is 2. The Hall–Kier alpha value is -2.40. The molecule has 0 radical (unpaired) electrons. The van der Waals surface area contributed by atoms with Crippen molar-refractivity contribution in [2.45, 2.75) is 19.3 Å². The Morgan fingerprint density at radius 3 is 2.83 bits per heavy atom. The molecule has 1 atom stereocenters. The van der Waals surface area contributed by atoms with E-state index in [1.165, 1.54) is 12.1 Å². The van der Waals surface area contributed by atoms with Crippen LogP contribution in [0.25, 0.3) is 0 Å². The maximum absolute atomic E-state index is 13.9. The van der Waals surface area contributed by atoms with Crippen LogP contribution in [0.2, 0.25) is 5.02 Å². The number of Topliss-reactive ketones (excluding diaryl/α,β-unsaturated/α-hetero) is 1. The summed E-state index contributed by atoms with van der Waals surface area (Å²) in [6.07, 6.45) is 0.248. The van der Waals surface area contributed by atoms with Crippen molar-refractivity contribution in [2.75, 3.05) is 11.9 Å². The Morgan fingerprint density at radius 1 is 1.33 bits per heavy atom. The molecule has 24 heavy (non-hydrogen) atoms. The third-order valence-corrected chi connectivity index (χ3v) is 4.25. The molecule has 1 aliphatic carbocycles. The van der Waals surface area contributed by atoms with Crippen molar-refractivity contribution in [3.8, 4) is 5.75 Å². The van der Waals surface area contributed by atoms with Crippen LogP contribution in [0.3, 0.4) is 0 Å². The van der Waals surface area contributed by atoms with Crippen LogP contribution in [0.15, 0.2) is 36.4 Å². The van der Waals surface area contributed by atoms with Crippen molar-refractivity contribution < 1.29 is 18.7 Å². The quantitative estimate of drug-likeness (QED) is 0.902. The number of carbonyl (C=O) groups is 2. The molecule has 0 spiro atoms. The van der Waals surface area contributed by atoms with Crippen molar-refractivity contribution >= 4 is 29.0 Å². The van der Waals surface area contributed by atoms with Crippen LogP contribution < -0.4 is 10.1 Å². The molecular weight excluding hydrogens is 333 g/mol. The van der Waals surface area contributed by atoms with E-state index in [0.717, 1.165) is 0 Å². The van der Waals surface area contributed by atoms with Crippen molar-refractivity contribution in [3.63, 3.8) is 0 Å². The molecule has 4 nitrogen and oxygen atoms in total. The third-order valence-electron chi connectivity index (χ3n) is 3.92. The van der Waals surface area contributed by atoms with Gasteiger partial charge in [-0.1, -0.05) is 30.7 Å². The average Bonchev–Trinajstić information content (AvgIpc) is 2.85. The highest BCUT2D eigenvalue weighted by molar-refractivity contribution is 6.33. The summed E-state index contributed by atoms with van der Waals surface area (Å²) in [6, 6.07) is 9.46. The van der Waals surface area contributed by atoms with Gasteiger partial charge in [-0.3, -0.25) is 9.59 Å². The zero-order chi connectivity index (χ0) is 17.3. The number of benzene rings is 2. The number of rotatable bonds is 4. The van der Waals surface area contributed by atoms with Gasteiger partial charge in [0.15, 0.2) is 12.4 Å². The molecule has 0 bridgehead atoms. The zero-order valence-electron chi connectivity index (χ0n) is 12.9. The Bertz CT molecular complexity index is 822. The first-order chi connectivity index (χ1) is 11.5. The summed E-state index contributed by atoms with van der Waals surface area (Å²) >= 11 is 5.97. The van der Waals surface area contributed by atoms with Gasteiger partial charge in [0.25, 0.3) is 5.91 Å². The van der Waals surface area contributed by atoms with Crippen LogP contribution in [0.4, 0.5) is 10.1 Å². The van der Waals surface area contributed by atoms with E-state index in [0.29, 0.717) is 16.3 Å². The molecule has 0 aromatic heterocycles. The van der Waals surface area contributed by atoms with E-state index in [4.69, 9.17) is 16.3 Å². The molecule has 0 heterocycles. The minimum Gasteiger partial charge on any atom is -0.483 e. The van der Waals surface area contributed by atoms with Crippen LogP contribution in [0, 0.1) is 5.82 Å². The maximum atomic E-state index is 13.9. The fraction of sp³-hybridized carbons (Fsp3) is 0.222. The number of nitrogens with one attached hydrogen (secondary N) is 1. The summed E-state index contributed by atoms with van der Waals surface area (Å²) < 4.78 is 19.4. The molecule has 3 rings (SSSR count). The van der Waals surface area contributed by atoms with E-state index in [1.54, 1.807) is 31.2 Å². The highest BCUT2D eigenvalue weighted by atomic mass is 35.5. The second kappa shape index (κ2) is 6.61. The van der Waals surface area contributed by atoms with Gasteiger partial charge < -0.3 is 10.1 Å². The second-order valence-corrected chi connectivity index (χ2v) is 6.09. The summed E-state index contributed by atoms with van der Waals surface area (Å²) in [7, 11) is 0. The van der Waals surface area contributed by atoms with Gasteiger partial charge in [-0.15, -0.1) is 0 Å². The number of carbonyl (C=O) groups excluding carboxylic acids is 2. The first-order valence-corrected chi connectivity index (χ1v) is 7.88. The number of para-hydroxylation sites is 1. The van der Waals surface area contributed by atoms with E-state index >= 15 is 0 Å². The first kappa shape index (κ1) is 16.5. The molecule has 0 aliphatic heterocycles. The van der Waals surface area contributed by atoms with E-state index in [1.807, 2.05) is 0 Å². The Kier molecular flexibility index (Phi) is 4.53. The van der Waals surface area contributed by atoms with Gasteiger partial charge in [0.1, 0.15) is 11.6 Å². The van der Waals surface area contributed by atoms with E-state index in [9.17, 15) is 14.0 Å². The second-order valence-electron chi connectivity index (χ2n) is 5.68. The third kappa shape index (κ3) is 3.12. The highest BCUT2D eigenvalue weighted by Gasteiger charge is 2.32. The molecule has 0 saturated carbocycles. The Morgan fingerprint density at radius 2 is 2.08 bits per heavy atom. The molecule has 1 aliphatic rings. The molecule has 2 aromatic rings. The lowest BCUT2D eigenvalue weighted by Gasteiger charge is -2.12. The predicted molar refractivity (Wildman–Crippen MR) is 89.3 cm³/mol. The van der Waals surface area contributed by atoms with Gasteiger partial charge >= 0.3 is 0 Å². The molecule has 0 saturated heterocycles. The lowest BCUT2D eigenvalue weighted by Crippen LogP contribution is -2.21. The Balaban J connectivity index is 1.73. The van der Waals surface area contributed by atoms with Crippen molar-refractivity contribution in [1.29, 1.82) is 0 Å². The highest BCUT2D eigenvalue weighted by Crippen LogP contribution is 2.39. The first-order valence-electron chi connectivity index (χ1n) is 7.50. The SMILES string of the molecule is C[C@@H]1CC(=O)c2c(OCC(=O)Nc3ccccc3Cl)ccc(F)c21. The normalized spacial score (nSPS) is 16.0. The summed E-state index contributed by atoms with van der Waals surface area (Å²) in [4.78, 5) is 24.1. The monoisotopic (exact) mass is 347 g/mol. The van der Waals surface area contributed by atoms with Gasteiger partial charge in [0.2, 0.25) is 0 Å². The summed E-state index contributed by atoms with van der Waals surface area (Å²) in [5, 5.41) is 3.04. The summed E-state index contributed by atoms with van der Waals surface area (Å²) in [5.41, 5.74) is 1.08. The van der Waals surface area contributed by atoms with E-state index in [-0.39, 0.29) is 36.0 Å². The lowest BCUT2D eigenvalue weighted by molar-refractivity contribution is -0.118. The number of amides is 1. The van der Waals surface area contributed by atoms with Crippen molar-refractivity contribution in [2.24, 2.45) is 0 Å². The molecule has 0 unspecified atom stereocenters. The number of fused-ring (bicyclic) bond motifs is 1. The predicted octanol–water partition coefficient (Wildman–Crippen LogP) is 4.19. The number of anilines is 1. The fourth-order valence-corrected chi connectivity index (χ4v) is 3.02.